The Kier molecular flexibility index (Phi) is 6.04. The van der Waals surface area contributed by atoms with E-state index in [1.54, 1.807) is 38.1 Å². The van der Waals surface area contributed by atoms with Crippen LogP contribution in [0.25, 0.3) is 0 Å². The number of likely N-dealkylation sites (N-methyl/N-ethyl adjacent to an activating group) is 1. The molecule has 1 aromatic carbocycles. The van der Waals surface area contributed by atoms with Crippen LogP contribution in [-0.4, -0.2) is 54.9 Å². The number of hydrogen-bond donors (Lipinski definition) is 3. The van der Waals surface area contributed by atoms with Gasteiger partial charge in [0.2, 0.25) is 11.8 Å². The lowest BCUT2D eigenvalue weighted by Crippen LogP contribution is -2.49. The molecule has 146 valence electrons. The highest BCUT2D eigenvalue weighted by Crippen LogP contribution is 2.29. The largest absolute Gasteiger partial charge is 0.497 e. The maximum atomic E-state index is 12.8. The van der Waals surface area contributed by atoms with E-state index in [1.165, 1.54) is 14.0 Å². The quantitative estimate of drug-likeness (QED) is 0.584. The zero-order chi connectivity index (χ0) is 20.2. The first-order valence-corrected chi connectivity index (χ1v) is 8.58. The van der Waals surface area contributed by atoms with Crippen LogP contribution < -0.4 is 20.7 Å². The van der Waals surface area contributed by atoms with E-state index in [2.05, 4.69) is 16.0 Å². The molecule has 1 aromatic rings. The lowest BCUT2D eigenvalue weighted by atomic mass is 9.92. The molecule has 5 amide bonds. The molecule has 0 radical (unpaired) electrons. The topological polar surface area (TPSA) is 117 Å². The van der Waals surface area contributed by atoms with E-state index < -0.39 is 36.0 Å². The van der Waals surface area contributed by atoms with Crippen LogP contribution >= 0.6 is 0 Å². The lowest BCUT2D eigenvalue weighted by Gasteiger charge is -2.22. The second-order valence-corrected chi connectivity index (χ2v) is 6.36. The summed E-state index contributed by atoms with van der Waals surface area (Å²) in [5.74, 6) is -0.865. The van der Waals surface area contributed by atoms with Gasteiger partial charge in [-0.1, -0.05) is 12.1 Å². The van der Waals surface area contributed by atoms with E-state index in [0.717, 1.165) is 4.90 Å². The first-order chi connectivity index (χ1) is 12.7. The predicted octanol–water partition coefficient (Wildman–Crippen LogP) is 0.103. The smallest absolute Gasteiger partial charge is 0.325 e. The van der Waals surface area contributed by atoms with Gasteiger partial charge in [-0.3, -0.25) is 19.3 Å². The molecule has 1 aliphatic rings. The molecule has 1 heterocycles. The molecule has 0 spiro atoms. The van der Waals surface area contributed by atoms with Crippen molar-refractivity contribution in [3.63, 3.8) is 0 Å². The molecule has 2 rings (SSSR count). The van der Waals surface area contributed by atoms with Crippen LogP contribution in [0.5, 0.6) is 5.75 Å². The Morgan fingerprint density at radius 2 is 1.89 bits per heavy atom. The monoisotopic (exact) mass is 376 g/mol. The van der Waals surface area contributed by atoms with Crippen molar-refractivity contribution in [2.75, 3.05) is 20.2 Å². The van der Waals surface area contributed by atoms with Crippen molar-refractivity contribution in [2.24, 2.45) is 0 Å². The van der Waals surface area contributed by atoms with Crippen LogP contribution in [0.4, 0.5) is 4.79 Å². The number of methoxy groups -OCH3 is 1. The minimum absolute atomic E-state index is 0.342. The third-order valence-electron chi connectivity index (χ3n) is 4.37. The second-order valence-electron chi connectivity index (χ2n) is 6.36. The number of amides is 5. The molecular formula is C18H24N4O5. The van der Waals surface area contributed by atoms with E-state index in [-0.39, 0.29) is 5.91 Å². The summed E-state index contributed by atoms with van der Waals surface area (Å²) in [5.41, 5.74) is -0.713. The molecule has 0 aromatic heterocycles. The maximum absolute atomic E-state index is 12.8. The zero-order valence-electron chi connectivity index (χ0n) is 15.8. The summed E-state index contributed by atoms with van der Waals surface area (Å²) >= 11 is 0. The number of carbonyl (C=O) groups is 4. The fourth-order valence-corrected chi connectivity index (χ4v) is 2.78. The van der Waals surface area contributed by atoms with Gasteiger partial charge in [0, 0.05) is 6.54 Å². The summed E-state index contributed by atoms with van der Waals surface area (Å²) < 4.78 is 5.09. The van der Waals surface area contributed by atoms with E-state index >= 15 is 0 Å². The Balaban J connectivity index is 2.08. The fraction of sp³-hybridized carbons (Fsp3) is 0.444. The van der Waals surface area contributed by atoms with Gasteiger partial charge in [-0.2, -0.15) is 0 Å². The van der Waals surface area contributed by atoms with Gasteiger partial charge in [0.1, 0.15) is 23.9 Å². The third kappa shape index (κ3) is 4.18. The van der Waals surface area contributed by atoms with Crippen LogP contribution in [0, 0.1) is 0 Å². The van der Waals surface area contributed by atoms with Crippen molar-refractivity contribution in [2.45, 2.75) is 32.4 Å². The highest BCUT2D eigenvalue weighted by atomic mass is 16.5. The summed E-state index contributed by atoms with van der Waals surface area (Å²) in [6, 6.07) is 5.28. The van der Waals surface area contributed by atoms with E-state index in [4.69, 9.17) is 4.74 Å². The van der Waals surface area contributed by atoms with Crippen molar-refractivity contribution in [3.05, 3.63) is 29.8 Å². The van der Waals surface area contributed by atoms with Gasteiger partial charge in [0.25, 0.3) is 5.91 Å². The van der Waals surface area contributed by atoms with Gasteiger partial charge < -0.3 is 20.7 Å². The van der Waals surface area contributed by atoms with Crippen molar-refractivity contribution in [1.82, 2.24) is 20.9 Å². The minimum Gasteiger partial charge on any atom is -0.497 e. The number of urea groups is 1. The molecule has 27 heavy (non-hydrogen) atoms. The highest BCUT2D eigenvalue weighted by molar-refractivity contribution is 6.09. The van der Waals surface area contributed by atoms with Gasteiger partial charge in [-0.25, -0.2) is 4.79 Å². The number of nitrogens with one attached hydrogen (secondary N) is 3. The average Bonchev–Trinajstić information content (AvgIpc) is 2.86. The molecule has 0 bridgehead atoms. The Morgan fingerprint density at radius 3 is 2.44 bits per heavy atom. The fourth-order valence-electron chi connectivity index (χ4n) is 2.78. The van der Waals surface area contributed by atoms with Gasteiger partial charge in [0.05, 0.1) is 7.11 Å². The van der Waals surface area contributed by atoms with Crippen LogP contribution in [0.1, 0.15) is 26.3 Å². The SMILES string of the molecule is CCNC(=O)[C@@H](C)NC(=O)CN1C(=O)N[C@@](C)(c2ccc(OC)cc2)C1=O. The maximum Gasteiger partial charge on any atom is 0.325 e. The van der Waals surface area contributed by atoms with Gasteiger partial charge in [0.15, 0.2) is 0 Å². The highest BCUT2D eigenvalue weighted by Gasteiger charge is 2.49. The summed E-state index contributed by atoms with van der Waals surface area (Å²) in [4.78, 5) is 49.8. The average molecular weight is 376 g/mol. The van der Waals surface area contributed by atoms with Crippen LogP contribution in [0.3, 0.4) is 0 Å². The molecule has 9 heteroatoms. The molecular weight excluding hydrogens is 352 g/mol. The first-order valence-electron chi connectivity index (χ1n) is 8.58. The molecule has 0 unspecified atom stereocenters. The number of carbonyl (C=O) groups excluding carboxylic acids is 4. The van der Waals surface area contributed by atoms with E-state index in [1.807, 2.05) is 0 Å². The Bertz CT molecular complexity index is 749. The minimum atomic E-state index is -1.28. The second kappa shape index (κ2) is 8.07. The lowest BCUT2D eigenvalue weighted by molar-refractivity contribution is -0.135. The van der Waals surface area contributed by atoms with E-state index in [0.29, 0.717) is 17.9 Å². The molecule has 9 nitrogen and oxygen atoms in total. The molecule has 0 saturated carbocycles. The summed E-state index contributed by atoms with van der Waals surface area (Å²) in [6.07, 6.45) is 0. The predicted molar refractivity (Wildman–Crippen MR) is 96.9 cm³/mol. The van der Waals surface area contributed by atoms with Crippen molar-refractivity contribution < 1.29 is 23.9 Å². The molecule has 2 atom stereocenters. The Labute approximate surface area is 157 Å². The molecule has 0 aliphatic carbocycles. The summed E-state index contributed by atoms with van der Waals surface area (Å²) in [7, 11) is 1.53. The Hall–Kier alpha value is -3.10. The molecule has 3 N–H and O–H groups in total. The Morgan fingerprint density at radius 1 is 1.26 bits per heavy atom. The van der Waals surface area contributed by atoms with Gasteiger partial charge in [-0.05, 0) is 38.5 Å². The number of ether oxygens (including phenoxy) is 1. The molecule has 1 fully saturated rings. The van der Waals surface area contributed by atoms with Crippen molar-refractivity contribution in [1.29, 1.82) is 0 Å². The van der Waals surface area contributed by atoms with Gasteiger partial charge >= 0.3 is 6.03 Å². The first kappa shape index (κ1) is 20.2. The number of benzene rings is 1. The molecule has 1 aliphatic heterocycles. The van der Waals surface area contributed by atoms with Crippen molar-refractivity contribution >= 4 is 23.8 Å². The number of hydrogen-bond acceptors (Lipinski definition) is 5. The summed E-state index contributed by atoms with van der Waals surface area (Å²) in [5, 5.41) is 7.68. The normalized spacial score (nSPS) is 20.1. The third-order valence-corrected chi connectivity index (χ3v) is 4.37. The number of nitrogens with zero attached hydrogens (tertiary/aromatic N) is 1. The number of rotatable bonds is 7. The summed E-state index contributed by atoms with van der Waals surface area (Å²) in [6.45, 7) is 4.83. The number of imide groups is 1. The zero-order valence-corrected chi connectivity index (χ0v) is 15.8. The van der Waals surface area contributed by atoms with Gasteiger partial charge in [-0.15, -0.1) is 0 Å². The van der Waals surface area contributed by atoms with Crippen LogP contribution in [0.2, 0.25) is 0 Å². The van der Waals surface area contributed by atoms with E-state index in [9.17, 15) is 19.2 Å². The molecule has 1 saturated heterocycles. The standard InChI is InChI=1S/C18H24N4O5/c1-5-19-15(24)11(2)20-14(23)10-22-16(25)18(3,21-17(22)26)12-6-8-13(27-4)9-7-12/h6-9,11H,5,10H2,1-4H3,(H,19,24)(H,20,23)(H,21,26)/t11-,18+/m1/s1. The van der Waals surface area contributed by atoms with Crippen molar-refractivity contribution in [3.8, 4) is 5.75 Å². The van der Waals surface area contributed by atoms with Crippen LogP contribution in [0.15, 0.2) is 24.3 Å². The van der Waals surface area contributed by atoms with Crippen LogP contribution in [-0.2, 0) is 19.9 Å².